The number of hydrogen-bond donors (Lipinski definition) is 1. The van der Waals surface area contributed by atoms with Gasteiger partial charge in [0.05, 0.1) is 20.3 Å². The average molecular weight is 384 g/mol. The fourth-order valence-corrected chi connectivity index (χ4v) is 3.47. The Balaban J connectivity index is 1.60. The predicted octanol–water partition coefficient (Wildman–Crippen LogP) is 2.70. The maximum Gasteiger partial charge on any atom is 0.233 e. The molecule has 0 unspecified atom stereocenters. The SMILES string of the molecule is COc1ccc(Nc2nc(N3CCOCC3)nc(N3CCC(C)CC3)n2)cc1. The van der Waals surface area contributed by atoms with Crippen LogP contribution in [0.3, 0.4) is 0 Å². The lowest BCUT2D eigenvalue weighted by atomic mass is 10.00. The minimum atomic E-state index is 0.565. The summed E-state index contributed by atoms with van der Waals surface area (Å²) in [5.74, 6) is 3.60. The molecule has 0 bridgehead atoms. The molecule has 1 aromatic carbocycles. The fourth-order valence-electron chi connectivity index (χ4n) is 3.47. The molecular weight excluding hydrogens is 356 g/mol. The first-order valence-electron chi connectivity index (χ1n) is 9.96. The van der Waals surface area contributed by atoms with Crippen LogP contribution in [0.15, 0.2) is 24.3 Å². The molecule has 0 saturated carbocycles. The van der Waals surface area contributed by atoms with Gasteiger partial charge in [-0.05, 0) is 43.0 Å². The summed E-state index contributed by atoms with van der Waals surface area (Å²) < 4.78 is 10.7. The molecule has 150 valence electrons. The maximum atomic E-state index is 5.48. The van der Waals surface area contributed by atoms with Gasteiger partial charge in [-0.3, -0.25) is 0 Å². The third-order valence-corrected chi connectivity index (χ3v) is 5.32. The molecule has 0 amide bonds. The molecule has 2 aliphatic heterocycles. The second-order valence-corrected chi connectivity index (χ2v) is 7.38. The Labute approximate surface area is 165 Å². The van der Waals surface area contributed by atoms with E-state index in [-0.39, 0.29) is 0 Å². The first-order chi connectivity index (χ1) is 13.7. The van der Waals surface area contributed by atoms with Gasteiger partial charge in [-0.1, -0.05) is 6.92 Å². The van der Waals surface area contributed by atoms with Crippen molar-refractivity contribution in [2.75, 3.05) is 61.6 Å². The van der Waals surface area contributed by atoms with Crippen LogP contribution in [0, 0.1) is 5.92 Å². The molecule has 1 aromatic heterocycles. The molecule has 0 aliphatic carbocycles. The molecule has 0 radical (unpaired) electrons. The van der Waals surface area contributed by atoms with Crippen molar-refractivity contribution in [1.29, 1.82) is 0 Å². The first kappa shape index (κ1) is 18.7. The van der Waals surface area contributed by atoms with Crippen molar-refractivity contribution < 1.29 is 9.47 Å². The number of rotatable bonds is 5. The Morgan fingerprint density at radius 2 is 1.54 bits per heavy atom. The normalized spacial score (nSPS) is 18.2. The molecule has 2 fully saturated rings. The quantitative estimate of drug-likeness (QED) is 0.843. The highest BCUT2D eigenvalue weighted by atomic mass is 16.5. The molecule has 2 aliphatic rings. The number of benzene rings is 1. The Hall–Kier alpha value is -2.61. The van der Waals surface area contributed by atoms with Crippen molar-refractivity contribution in [2.45, 2.75) is 19.8 Å². The van der Waals surface area contributed by atoms with Crippen LogP contribution in [0.2, 0.25) is 0 Å². The molecule has 4 rings (SSSR count). The number of hydrogen-bond acceptors (Lipinski definition) is 8. The van der Waals surface area contributed by atoms with Crippen LogP contribution in [0.4, 0.5) is 23.5 Å². The van der Waals surface area contributed by atoms with Crippen molar-refractivity contribution in [3.63, 3.8) is 0 Å². The standard InChI is InChI=1S/C20H28N6O2/c1-15-7-9-25(10-8-15)19-22-18(21-16-3-5-17(27-2)6-4-16)23-20(24-19)26-11-13-28-14-12-26/h3-6,15H,7-14H2,1-2H3,(H,21,22,23,24). The number of nitrogens with zero attached hydrogens (tertiary/aromatic N) is 5. The molecule has 8 heteroatoms. The Morgan fingerprint density at radius 1 is 0.929 bits per heavy atom. The van der Waals surface area contributed by atoms with Crippen LogP contribution in [-0.2, 0) is 4.74 Å². The largest absolute Gasteiger partial charge is 0.497 e. The molecule has 28 heavy (non-hydrogen) atoms. The monoisotopic (exact) mass is 384 g/mol. The summed E-state index contributed by atoms with van der Waals surface area (Å²) in [6, 6.07) is 7.75. The van der Waals surface area contributed by atoms with Gasteiger partial charge < -0.3 is 24.6 Å². The van der Waals surface area contributed by atoms with E-state index >= 15 is 0 Å². The summed E-state index contributed by atoms with van der Waals surface area (Å²) in [7, 11) is 1.66. The van der Waals surface area contributed by atoms with E-state index < -0.39 is 0 Å². The number of morpholine rings is 1. The lowest BCUT2D eigenvalue weighted by Gasteiger charge is -2.32. The molecule has 2 saturated heterocycles. The van der Waals surface area contributed by atoms with Crippen LogP contribution in [0.1, 0.15) is 19.8 Å². The lowest BCUT2D eigenvalue weighted by molar-refractivity contribution is 0.122. The number of anilines is 4. The second-order valence-electron chi connectivity index (χ2n) is 7.38. The van der Waals surface area contributed by atoms with Gasteiger partial charge in [0.2, 0.25) is 17.8 Å². The minimum absolute atomic E-state index is 0.565. The average Bonchev–Trinajstić information content (AvgIpc) is 2.75. The van der Waals surface area contributed by atoms with Crippen LogP contribution in [-0.4, -0.2) is 61.5 Å². The molecule has 1 N–H and O–H groups in total. The smallest absolute Gasteiger partial charge is 0.233 e. The zero-order valence-electron chi connectivity index (χ0n) is 16.6. The molecule has 2 aromatic rings. The highest BCUT2D eigenvalue weighted by Gasteiger charge is 2.22. The van der Waals surface area contributed by atoms with Gasteiger partial charge in [0.1, 0.15) is 5.75 Å². The number of aromatic nitrogens is 3. The summed E-state index contributed by atoms with van der Waals surface area (Å²) >= 11 is 0. The topological polar surface area (TPSA) is 75.6 Å². The number of methoxy groups -OCH3 is 1. The molecular formula is C20H28N6O2. The van der Waals surface area contributed by atoms with Crippen molar-refractivity contribution in [3.8, 4) is 5.75 Å². The lowest BCUT2D eigenvalue weighted by Crippen LogP contribution is -2.39. The third-order valence-electron chi connectivity index (χ3n) is 5.32. The summed E-state index contributed by atoms with van der Waals surface area (Å²) in [4.78, 5) is 18.6. The van der Waals surface area contributed by atoms with Gasteiger partial charge in [-0.15, -0.1) is 0 Å². The number of piperidine rings is 1. The molecule has 0 spiro atoms. The molecule has 8 nitrogen and oxygen atoms in total. The Bertz CT molecular complexity index is 771. The van der Waals surface area contributed by atoms with E-state index in [4.69, 9.17) is 19.4 Å². The van der Waals surface area contributed by atoms with Crippen molar-refractivity contribution >= 4 is 23.5 Å². The predicted molar refractivity (Wildman–Crippen MR) is 110 cm³/mol. The van der Waals surface area contributed by atoms with Crippen molar-refractivity contribution in [1.82, 2.24) is 15.0 Å². The second kappa shape index (κ2) is 8.60. The van der Waals surface area contributed by atoms with E-state index in [1.54, 1.807) is 7.11 Å². The fraction of sp³-hybridized carbons (Fsp3) is 0.550. The van der Waals surface area contributed by atoms with Crippen LogP contribution in [0.5, 0.6) is 5.75 Å². The van der Waals surface area contributed by atoms with E-state index in [2.05, 4.69) is 27.0 Å². The maximum absolute atomic E-state index is 5.48. The minimum Gasteiger partial charge on any atom is -0.497 e. The van der Waals surface area contributed by atoms with Gasteiger partial charge in [0, 0.05) is 31.9 Å². The van der Waals surface area contributed by atoms with E-state index in [9.17, 15) is 0 Å². The first-order valence-corrected chi connectivity index (χ1v) is 9.96. The highest BCUT2D eigenvalue weighted by Crippen LogP contribution is 2.25. The van der Waals surface area contributed by atoms with Crippen LogP contribution in [0.25, 0.3) is 0 Å². The molecule has 3 heterocycles. The van der Waals surface area contributed by atoms with Gasteiger partial charge >= 0.3 is 0 Å². The third kappa shape index (κ3) is 4.44. The summed E-state index contributed by atoms with van der Waals surface area (Å²) in [5, 5.41) is 3.32. The summed E-state index contributed by atoms with van der Waals surface area (Å²) in [6.45, 7) is 7.25. The van der Waals surface area contributed by atoms with Crippen molar-refractivity contribution in [2.24, 2.45) is 5.92 Å². The summed E-state index contributed by atoms with van der Waals surface area (Å²) in [6.07, 6.45) is 2.33. The van der Waals surface area contributed by atoms with E-state index in [1.165, 1.54) is 12.8 Å². The Morgan fingerprint density at radius 3 is 2.14 bits per heavy atom. The van der Waals surface area contributed by atoms with Gasteiger partial charge in [0.25, 0.3) is 0 Å². The number of nitrogens with one attached hydrogen (secondary N) is 1. The van der Waals surface area contributed by atoms with Gasteiger partial charge in [-0.2, -0.15) is 15.0 Å². The van der Waals surface area contributed by atoms with Gasteiger partial charge in [0.15, 0.2) is 0 Å². The van der Waals surface area contributed by atoms with Gasteiger partial charge in [-0.25, -0.2) is 0 Å². The zero-order chi connectivity index (χ0) is 19.3. The van der Waals surface area contributed by atoms with E-state index in [1.807, 2.05) is 24.3 Å². The van der Waals surface area contributed by atoms with Crippen LogP contribution >= 0.6 is 0 Å². The number of ether oxygens (including phenoxy) is 2. The zero-order valence-corrected chi connectivity index (χ0v) is 16.6. The van der Waals surface area contributed by atoms with E-state index in [0.717, 1.165) is 49.5 Å². The van der Waals surface area contributed by atoms with Crippen molar-refractivity contribution in [3.05, 3.63) is 24.3 Å². The van der Waals surface area contributed by atoms with E-state index in [0.29, 0.717) is 25.1 Å². The Kier molecular flexibility index (Phi) is 5.76. The highest BCUT2D eigenvalue weighted by molar-refractivity contribution is 5.57. The van der Waals surface area contributed by atoms with Crippen LogP contribution < -0.4 is 19.9 Å². The summed E-state index contributed by atoms with van der Waals surface area (Å²) in [5.41, 5.74) is 0.915. The molecule has 0 atom stereocenters.